The van der Waals surface area contributed by atoms with Gasteiger partial charge < -0.3 is 40.2 Å². The summed E-state index contributed by atoms with van der Waals surface area (Å²) >= 11 is 11.9. The van der Waals surface area contributed by atoms with Gasteiger partial charge in [0.25, 0.3) is 35.4 Å². The van der Waals surface area contributed by atoms with E-state index >= 15 is 28.8 Å². The topological polar surface area (TPSA) is 228 Å². The third-order valence-corrected chi connectivity index (χ3v) is 21.3. The van der Waals surface area contributed by atoms with Crippen molar-refractivity contribution in [3.8, 4) is 46.0 Å². The smallest absolute Gasteiger partial charge is 0.266 e. The van der Waals surface area contributed by atoms with Crippen molar-refractivity contribution in [1.82, 2.24) is 9.80 Å². The maximum atomic E-state index is 16.6. The molecule has 13 rings (SSSR count). The molecule has 2 unspecified atom stereocenters. The lowest BCUT2D eigenvalue weighted by molar-refractivity contribution is -0.120. The molecule has 2 atom stereocenters. The standard InChI is InChI=1S/C94H92Cl2N6O12/c1-17-19-27-69(85(105)99-59-25-21-23-57(45-59)97-83(103)51(3)95)101-87(107)65-47-71(111-61-37-29-53(30-38-61)91(5,6)7)77-79-73(113-63-41-33-55(34-42-63)93(11,12)13)49-67-76-68(90(110)102(89(67)109)70(28-20-18-2)86(106)100-60-26-22-24-58(46-60)98-84(104)52(4)96)50-74(114-64-43-35-56(36-44-64)94(14,15)16)80(82(76)79)78-72(48-66(88(101)108)75(65)81(77)78)112-62-39-31-54(32-40-62)92(8,9)10/h21-26,29-50,69-70H,3-4,17-20,27-28H2,1-2,5-16H3,(H,97,103)(H,98,104)(H,99,105)(H,100,106). The Morgan fingerprint density at radius 2 is 0.588 bits per heavy atom. The molecular weight excluding hydrogens is 1480 g/mol. The van der Waals surface area contributed by atoms with Crippen LogP contribution in [0.1, 0.15) is 199 Å². The SMILES string of the molecule is C=C(Cl)C(=O)Nc1cccc(NC(=O)C(CCCC)N2C(=O)c3cc(Oc4ccc(C(C)(C)C)cc4)c4c5c(Oc6ccc(C(C)(C)C)cc6)cc6c7c(cc(Oc8ccc(C(C)(C)C)cc8)c(c8c(Oc9ccc(C(C)(C)C)cc9)cc(c3c48)C2=O)c75)C(=O)N(C(CCCC)C(=O)Nc2cccc(NC(=O)C(=C)Cl)c2)C6=O)c1. The number of benzene rings is 11. The van der Waals surface area contributed by atoms with Gasteiger partial charge in [-0.2, -0.15) is 0 Å². The minimum atomic E-state index is -1.44. The number of ether oxygens (including phenoxy) is 4. The molecule has 0 aromatic heterocycles. The number of rotatable bonds is 24. The summed E-state index contributed by atoms with van der Waals surface area (Å²) in [6, 6.07) is 46.3. The third kappa shape index (κ3) is 16.0. The van der Waals surface area contributed by atoms with E-state index in [-0.39, 0.29) is 156 Å². The quantitative estimate of drug-likeness (QED) is 0.0192. The molecule has 584 valence electrons. The van der Waals surface area contributed by atoms with Gasteiger partial charge in [-0.15, -0.1) is 0 Å². The zero-order valence-corrected chi connectivity index (χ0v) is 68.0. The van der Waals surface area contributed by atoms with Gasteiger partial charge in [0.2, 0.25) is 11.8 Å². The molecule has 0 radical (unpaired) electrons. The van der Waals surface area contributed by atoms with Gasteiger partial charge in [-0.1, -0.05) is 220 Å². The minimum Gasteiger partial charge on any atom is -0.457 e. The molecule has 0 bridgehead atoms. The summed E-state index contributed by atoms with van der Waals surface area (Å²) < 4.78 is 29.5. The van der Waals surface area contributed by atoms with Crippen LogP contribution in [0.3, 0.4) is 0 Å². The first-order valence-corrected chi connectivity index (χ1v) is 39.1. The number of unbranched alkanes of at least 4 members (excludes halogenated alkanes) is 2. The second-order valence-corrected chi connectivity index (χ2v) is 34.2. The fourth-order valence-electron chi connectivity index (χ4n) is 14.8. The van der Waals surface area contributed by atoms with Gasteiger partial charge in [0.05, 0.1) is 32.3 Å². The van der Waals surface area contributed by atoms with E-state index in [1.54, 1.807) is 60.7 Å². The van der Waals surface area contributed by atoms with Crippen LogP contribution < -0.4 is 40.2 Å². The van der Waals surface area contributed by atoms with Gasteiger partial charge in [0, 0.05) is 65.8 Å². The molecule has 2 heterocycles. The van der Waals surface area contributed by atoms with E-state index in [0.29, 0.717) is 48.7 Å². The Hall–Kier alpha value is -11.9. The highest BCUT2D eigenvalue weighted by atomic mass is 35.5. The first-order chi connectivity index (χ1) is 53.9. The predicted octanol–water partition coefficient (Wildman–Crippen LogP) is 23.1. The molecule has 2 aliphatic heterocycles. The summed E-state index contributed by atoms with van der Waals surface area (Å²) in [5.74, 6) is -4.53. The normalized spacial score (nSPS) is 13.6. The molecular formula is C94H92Cl2N6O12. The van der Waals surface area contributed by atoms with Crippen LogP contribution in [0.25, 0.3) is 43.1 Å². The number of amides is 8. The number of halogens is 2. The first-order valence-electron chi connectivity index (χ1n) is 38.3. The molecule has 0 fully saturated rings. The summed E-state index contributed by atoms with van der Waals surface area (Å²) in [7, 11) is 0. The third-order valence-electron chi connectivity index (χ3n) is 20.9. The van der Waals surface area contributed by atoms with Crippen molar-refractivity contribution in [3.63, 3.8) is 0 Å². The van der Waals surface area contributed by atoms with Crippen LogP contribution >= 0.6 is 23.2 Å². The Morgan fingerprint density at radius 3 is 0.807 bits per heavy atom. The lowest BCUT2D eigenvalue weighted by atomic mass is 9.80. The van der Waals surface area contributed by atoms with Crippen LogP contribution in [0.2, 0.25) is 0 Å². The van der Waals surface area contributed by atoms with Crippen LogP contribution in [0.4, 0.5) is 22.7 Å². The molecule has 4 N–H and O–H groups in total. The first kappa shape index (κ1) is 80.2. The number of hydrogen-bond donors (Lipinski definition) is 4. The van der Waals surface area contributed by atoms with Gasteiger partial charge in [0.1, 0.15) is 58.1 Å². The number of carbonyl (C=O) groups is 8. The second-order valence-electron chi connectivity index (χ2n) is 33.3. The van der Waals surface area contributed by atoms with E-state index in [1.165, 1.54) is 12.1 Å². The number of nitrogens with one attached hydrogen (secondary N) is 4. The molecule has 11 aromatic carbocycles. The zero-order chi connectivity index (χ0) is 81.9. The van der Waals surface area contributed by atoms with E-state index in [1.807, 2.05) is 111 Å². The molecule has 8 amide bonds. The highest BCUT2D eigenvalue weighted by Crippen LogP contribution is 2.59. The average Bonchev–Trinajstić information content (AvgIpc) is 0.670. The molecule has 11 aromatic rings. The van der Waals surface area contributed by atoms with Crippen molar-refractivity contribution in [1.29, 1.82) is 0 Å². The van der Waals surface area contributed by atoms with Crippen molar-refractivity contribution in [2.45, 2.75) is 169 Å². The molecule has 0 saturated heterocycles. The van der Waals surface area contributed by atoms with E-state index in [4.69, 9.17) is 42.1 Å². The van der Waals surface area contributed by atoms with Crippen molar-refractivity contribution in [3.05, 3.63) is 238 Å². The van der Waals surface area contributed by atoms with Gasteiger partial charge in [-0.05, 0) is 166 Å². The molecule has 0 saturated carbocycles. The fourth-order valence-corrected chi connectivity index (χ4v) is 14.9. The number of nitrogens with zero attached hydrogens (tertiary/aromatic N) is 2. The molecule has 2 aliphatic rings. The average molecular weight is 1570 g/mol. The zero-order valence-electron chi connectivity index (χ0n) is 66.5. The maximum absolute atomic E-state index is 16.6. The van der Waals surface area contributed by atoms with Crippen LogP contribution in [0.15, 0.2) is 193 Å². The Bertz CT molecular complexity index is 5170. The number of hydrogen-bond acceptors (Lipinski definition) is 12. The fraction of sp³-hybridized carbons (Fsp3) is 0.277. The molecule has 20 heteroatoms. The Labute approximate surface area is 673 Å². The van der Waals surface area contributed by atoms with Crippen molar-refractivity contribution >= 4 is 136 Å². The number of carbonyl (C=O) groups excluding carboxylic acids is 8. The number of anilines is 4. The lowest BCUT2D eigenvalue weighted by Gasteiger charge is -2.36. The number of fused-ring (bicyclic) bond motifs is 2. The maximum Gasteiger partial charge on any atom is 0.266 e. The van der Waals surface area contributed by atoms with Gasteiger partial charge >= 0.3 is 0 Å². The molecule has 18 nitrogen and oxygen atoms in total. The minimum absolute atomic E-state index is 0.0267. The lowest BCUT2D eigenvalue weighted by Crippen LogP contribution is -2.52. The van der Waals surface area contributed by atoms with Crippen molar-refractivity contribution in [2.24, 2.45) is 0 Å². The molecule has 114 heavy (non-hydrogen) atoms. The highest BCUT2D eigenvalue weighted by molar-refractivity contribution is 6.46. The van der Waals surface area contributed by atoms with Gasteiger partial charge in [0.15, 0.2) is 0 Å². The molecule has 0 spiro atoms. The summed E-state index contributed by atoms with van der Waals surface area (Å²) in [5.41, 5.74) is 3.69. The van der Waals surface area contributed by atoms with E-state index in [0.717, 1.165) is 32.1 Å². The van der Waals surface area contributed by atoms with Gasteiger partial charge in [-0.3, -0.25) is 48.2 Å². The number of imide groups is 2. The van der Waals surface area contributed by atoms with E-state index in [9.17, 15) is 9.59 Å². The van der Waals surface area contributed by atoms with E-state index < -0.39 is 59.3 Å². The Balaban J connectivity index is 1.16. The summed E-state index contributed by atoms with van der Waals surface area (Å²) in [4.78, 5) is 125. The van der Waals surface area contributed by atoms with Crippen LogP contribution in [-0.2, 0) is 40.8 Å². The van der Waals surface area contributed by atoms with Crippen LogP contribution in [-0.4, -0.2) is 69.1 Å². The van der Waals surface area contributed by atoms with Crippen molar-refractivity contribution < 1.29 is 57.3 Å². The summed E-state index contributed by atoms with van der Waals surface area (Å²) in [5, 5.41) is 12.5. The predicted molar refractivity (Wildman–Crippen MR) is 454 cm³/mol. The van der Waals surface area contributed by atoms with Gasteiger partial charge in [-0.25, -0.2) is 0 Å². The van der Waals surface area contributed by atoms with Crippen LogP contribution in [0.5, 0.6) is 46.0 Å². The van der Waals surface area contributed by atoms with E-state index in [2.05, 4.69) is 118 Å². The monoisotopic (exact) mass is 1570 g/mol. The summed E-state index contributed by atoms with van der Waals surface area (Å²) in [6.07, 6.45) is 1.99. The largest absolute Gasteiger partial charge is 0.457 e. The summed E-state index contributed by atoms with van der Waals surface area (Å²) in [6.45, 7) is 36.1. The Morgan fingerprint density at radius 1 is 0.351 bits per heavy atom. The Kier molecular flexibility index (Phi) is 22.0. The highest BCUT2D eigenvalue weighted by Gasteiger charge is 2.47. The molecule has 0 aliphatic carbocycles. The van der Waals surface area contributed by atoms with Crippen LogP contribution in [0, 0.1) is 0 Å². The second kappa shape index (κ2) is 31.3. The van der Waals surface area contributed by atoms with Crippen molar-refractivity contribution in [2.75, 3.05) is 21.3 Å².